The number of carbonyl (C=O) groups is 4. The third-order valence-electron chi connectivity index (χ3n) is 7.43. The molecular weight excluding hydrogens is 466 g/mol. The minimum Gasteiger partial charge on any atom is -0.349 e. The van der Waals surface area contributed by atoms with E-state index in [-0.39, 0.29) is 11.1 Å². The van der Waals surface area contributed by atoms with Crippen molar-refractivity contribution < 1.29 is 23.9 Å². The molecule has 0 N–H and O–H groups in total. The van der Waals surface area contributed by atoms with E-state index in [2.05, 4.69) is 0 Å². The topological polar surface area (TPSA) is 80.8 Å². The standard InChI is InChI=1S/C28H20ClNO5/c1-14-10-12-16(13-11-14)30-26(33)21-22(27(30)34)28(24(31)18-6-3-4-7-19(18)25(28)32)35-23(21)17-8-5-9-20(29)15(17)2/h3-13,21-23H,1-2H3/t21-,22+,23+/m1/s1. The highest BCUT2D eigenvalue weighted by molar-refractivity contribution is 6.37. The van der Waals surface area contributed by atoms with Crippen LogP contribution in [0, 0.1) is 25.7 Å². The first-order valence-corrected chi connectivity index (χ1v) is 11.7. The van der Waals surface area contributed by atoms with Gasteiger partial charge in [-0.05, 0) is 43.2 Å². The van der Waals surface area contributed by atoms with Crippen molar-refractivity contribution in [3.8, 4) is 0 Å². The number of ether oxygens (including phenoxy) is 1. The lowest BCUT2D eigenvalue weighted by molar-refractivity contribution is -0.127. The Labute approximate surface area is 206 Å². The van der Waals surface area contributed by atoms with Gasteiger partial charge in [0.25, 0.3) is 0 Å². The highest BCUT2D eigenvalue weighted by Gasteiger charge is 2.74. The SMILES string of the molecule is Cc1ccc(N2C(=O)[C@@H]3[C@@H](C2=O)C2(O[C@H]3c3cccc(Cl)c3C)C(=O)c3ccccc3C2=O)cc1. The molecule has 2 amide bonds. The maximum atomic E-state index is 13.9. The summed E-state index contributed by atoms with van der Waals surface area (Å²) in [5.41, 5.74) is 0.915. The molecular formula is C28H20ClNO5. The van der Waals surface area contributed by atoms with Crippen LogP contribution < -0.4 is 4.90 Å². The van der Waals surface area contributed by atoms with Gasteiger partial charge in [-0.3, -0.25) is 19.2 Å². The summed E-state index contributed by atoms with van der Waals surface area (Å²) in [6.07, 6.45) is -0.993. The minimum absolute atomic E-state index is 0.203. The molecule has 0 bridgehead atoms. The Morgan fingerprint density at radius 1 is 0.800 bits per heavy atom. The van der Waals surface area contributed by atoms with Crippen molar-refractivity contribution >= 4 is 40.7 Å². The number of fused-ring (bicyclic) bond motifs is 3. The molecule has 3 aromatic rings. The van der Waals surface area contributed by atoms with Crippen LogP contribution in [-0.4, -0.2) is 29.0 Å². The summed E-state index contributed by atoms with van der Waals surface area (Å²) in [7, 11) is 0. The number of hydrogen-bond acceptors (Lipinski definition) is 5. The number of Topliss-reactive ketones (excluding diaryl/α,β-unsaturated/α-hetero) is 2. The highest BCUT2D eigenvalue weighted by atomic mass is 35.5. The zero-order valence-corrected chi connectivity index (χ0v) is 19.7. The van der Waals surface area contributed by atoms with Gasteiger partial charge >= 0.3 is 0 Å². The van der Waals surface area contributed by atoms with Gasteiger partial charge in [0.15, 0.2) is 0 Å². The summed E-state index contributed by atoms with van der Waals surface area (Å²) in [5, 5.41) is 0.461. The average Bonchev–Trinajstić information content (AvgIpc) is 3.42. The number of nitrogens with zero attached hydrogens (tertiary/aromatic N) is 1. The van der Waals surface area contributed by atoms with E-state index in [1.165, 1.54) is 0 Å². The van der Waals surface area contributed by atoms with E-state index in [0.29, 0.717) is 21.8 Å². The largest absolute Gasteiger partial charge is 0.349 e. The van der Waals surface area contributed by atoms with Gasteiger partial charge in [-0.2, -0.15) is 0 Å². The van der Waals surface area contributed by atoms with Crippen LogP contribution in [0.2, 0.25) is 5.02 Å². The molecule has 2 fully saturated rings. The number of imide groups is 1. The molecule has 3 aromatic carbocycles. The summed E-state index contributed by atoms with van der Waals surface area (Å²) >= 11 is 6.37. The lowest BCUT2D eigenvalue weighted by atomic mass is 9.77. The maximum Gasteiger partial charge on any atom is 0.241 e. The summed E-state index contributed by atoms with van der Waals surface area (Å²) < 4.78 is 6.32. The highest BCUT2D eigenvalue weighted by Crippen LogP contribution is 2.58. The van der Waals surface area contributed by atoms with E-state index in [9.17, 15) is 19.2 Å². The van der Waals surface area contributed by atoms with Gasteiger partial charge < -0.3 is 4.74 Å². The van der Waals surface area contributed by atoms with Crippen LogP contribution in [0.15, 0.2) is 66.7 Å². The van der Waals surface area contributed by atoms with Gasteiger partial charge in [0.05, 0.1) is 23.6 Å². The predicted octanol–water partition coefficient (Wildman–Crippen LogP) is 4.65. The number of hydrogen-bond donors (Lipinski definition) is 0. The van der Waals surface area contributed by atoms with Gasteiger partial charge in [-0.15, -0.1) is 0 Å². The Morgan fingerprint density at radius 3 is 2.06 bits per heavy atom. The number of amides is 2. The van der Waals surface area contributed by atoms with Crippen LogP contribution in [0.5, 0.6) is 0 Å². The van der Waals surface area contributed by atoms with Crippen LogP contribution in [0.1, 0.15) is 43.5 Å². The van der Waals surface area contributed by atoms with Crippen LogP contribution in [0.25, 0.3) is 0 Å². The average molecular weight is 486 g/mol. The van der Waals surface area contributed by atoms with E-state index in [1.54, 1.807) is 73.7 Å². The first-order chi connectivity index (χ1) is 16.8. The predicted molar refractivity (Wildman–Crippen MR) is 129 cm³/mol. The van der Waals surface area contributed by atoms with E-state index in [1.807, 2.05) is 6.92 Å². The summed E-state index contributed by atoms with van der Waals surface area (Å²) in [4.78, 5) is 56.4. The van der Waals surface area contributed by atoms with Gasteiger partial charge in [-0.1, -0.05) is 65.7 Å². The third kappa shape index (κ3) is 2.75. The number of anilines is 1. The van der Waals surface area contributed by atoms with Crippen LogP contribution in [0.4, 0.5) is 5.69 Å². The zero-order valence-electron chi connectivity index (χ0n) is 18.9. The summed E-state index contributed by atoms with van der Waals surface area (Å²) in [6.45, 7) is 3.69. The van der Waals surface area contributed by atoms with Crippen molar-refractivity contribution in [2.45, 2.75) is 25.6 Å². The second kappa shape index (κ2) is 7.44. The molecule has 0 radical (unpaired) electrons. The van der Waals surface area contributed by atoms with Gasteiger partial charge in [0, 0.05) is 16.1 Å². The second-order valence-corrected chi connectivity index (χ2v) is 9.69. The van der Waals surface area contributed by atoms with Crippen molar-refractivity contribution in [1.29, 1.82) is 0 Å². The lowest BCUT2D eigenvalue weighted by Crippen LogP contribution is -2.51. The first kappa shape index (κ1) is 21.9. The Kier molecular flexibility index (Phi) is 4.66. The van der Waals surface area contributed by atoms with Crippen molar-refractivity contribution in [3.63, 3.8) is 0 Å². The monoisotopic (exact) mass is 485 g/mol. The molecule has 3 aliphatic rings. The van der Waals surface area contributed by atoms with Crippen molar-refractivity contribution in [2.24, 2.45) is 11.8 Å². The zero-order chi connectivity index (χ0) is 24.6. The molecule has 6 nitrogen and oxygen atoms in total. The number of halogens is 1. The first-order valence-electron chi connectivity index (χ1n) is 11.3. The molecule has 2 aliphatic heterocycles. The number of benzene rings is 3. The van der Waals surface area contributed by atoms with Gasteiger partial charge in [-0.25, -0.2) is 4.90 Å². The Balaban J connectivity index is 1.57. The molecule has 6 rings (SSSR count). The smallest absolute Gasteiger partial charge is 0.241 e. The molecule has 7 heteroatoms. The number of aryl methyl sites for hydroxylation is 1. The Bertz CT molecular complexity index is 1430. The molecule has 0 aromatic heterocycles. The fourth-order valence-electron chi connectivity index (χ4n) is 5.68. The fourth-order valence-corrected chi connectivity index (χ4v) is 5.86. The van der Waals surface area contributed by atoms with Gasteiger partial charge in [0.1, 0.15) is 0 Å². The number of ketones is 2. The molecule has 1 aliphatic carbocycles. The Hall–Kier alpha value is -3.61. The normalized spacial score (nSPS) is 24.4. The lowest BCUT2D eigenvalue weighted by Gasteiger charge is -2.27. The number of carbonyl (C=O) groups excluding carboxylic acids is 4. The number of rotatable bonds is 2. The quantitative estimate of drug-likeness (QED) is 0.390. The molecule has 174 valence electrons. The summed E-state index contributed by atoms with van der Waals surface area (Å²) in [6, 6.07) is 18.6. The molecule has 2 saturated heterocycles. The molecule has 1 spiro atoms. The molecule has 0 saturated carbocycles. The van der Waals surface area contributed by atoms with Gasteiger partial charge in [0.2, 0.25) is 29.0 Å². The molecule has 2 heterocycles. The van der Waals surface area contributed by atoms with Crippen molar-refractivity contribution in [2.75, 3.05) is 4.90 Å². The van der Waals surface area contributed by atoms with E-state index in [0.717, 1.165) is 10.5 Å². The van der Waals surface area contributed by atoms with Crippen LogP contribution in [0.3, 0.4) is 0 Å². The van der Waals surface area contributed by atoms with Crippen LogP contribution in [-0.2, 0) is 14.3 Å². The minimum atomic E-state index is -2.10. The van der Waals surface area contributed by atoms with E-state index >= 15 is 0 Å². The second-order valence-electron chi connectivity index (χ2n) is 9.28. The van der Waals surface area contributed by atoms with Crippen molar-refractivity contribution in [3.05, 3.63) is 99.6 Å². The third-order valence-corrected chi connectivity index (χ3v) is 7.84. The van der Waals surface area contributed by atoms with Crippen LogP contribution >= 0.6 is 11.6 Å². The van der Waals surface area contributed by atoms with E-state index in [4.69, 9.17) is 16.3 Å². The fraction of sp³-hybridized carbons (Fsp3) is 0.214. The van der Waals surface area contributed by atoms with E-state index < -0.39 is 46.9 Å². The molecule has 3 atom stereocenters. The maximum absolute atomic E-state index is 13.9. The van der Waals surface area contributed by atoms with Crippen molar-refractivity contribution in [1.82, 2.24) is 0 Å². The molecule has 0 unspecified atom stereocenters. The Morgan fingerprint density at radius 2 is 1.43 bits per heavy atom. The summed E-state index contributed by atoms with van der Waals surface area (Å²) in [5.74, 6) is -4.61. The molecule has 35 heavy (non-hydrogen) atoms.